The van der Waals surface area contributed by atoms with Crippen LogP contribution >= 0.6 is 12.4 Å². The number of methoxy groups -OCH3 is 1. The largest absolute Gasteiger partial charge is 0.383 e. The molecule has 0 amide bonds. The van der Waals surface area contributed by atoms with Gasteiger partial charge >= 0.3 is 0 Å². The quantitative estimate of drug-likeness (QED) is 0.487. The van der Waals surface area contributed by atoms with Crippen molar-refractivity contribution >= 4 is 32.5 Å². The SMILES string of the molecule is COCC1(CNS(=O)(=O)CCNS(=O)(=O)c2ccccc2)CCCN1.Cl. The molecule has 1 aliphatic heterocycles. The van der Waals surface area contributed by atoms with Crippen LogP contribution in [0, 0.1) is 0 Å². The van der Waals surface area contributed by atoms with Crippen LogP contribution in [0.5, 0.6) is 0 Å². The van der Waals surface area contributed by atoms with Gasteiger partial charge in [-0.25, -0.2) is 26.3 Å². The summed E-state index contributed by atoms with van der Waals surface area (Å²) in [5, 5.41) is 3.28. The van der Waals surface area contributed by atoms with Crippen LogP contribution in [-0.4, -0.2) is 61.5 Å². The second-order valence-corrected chi connectivity index (χ2v) is 9.79. The average molecular weight is 428 g/mol. The van der Waals surface area contributed by atoms with Crippen molar-refractivity contribution in [2.75, 3.05) is 39.1 Å². The Hall–Kier alpha value is -0.750. The summed E-state index contributed by atoms with van der Waals surface area (Å²) in [4.78, 5) is 0.106. The molecule has 11 heteroatoms. The molecule has 2 rings (SSSR count). The molecule has 150 valence electrons. The molecule has 0 bridgehead atoms. The molecule has 0 spiro atoms. The van der Waals surface area contributed by atoms with Crippen molar-refractivity contribution in [3.05, 3.63) is 30.3 Å². The van der Waals surface area contributed by atoms with E-state index in [1.54, 1.807) is 25.3 Å². The molecule has 1 fully saturated rings. The minimum absolute atomic E-state index is 0. The van der Waals surface area contributed by atoms with Gasteiger partial charge in [-0.1, -0.05) is 18.2 Å². The molecular weight excluding hydrogens is 402 g/mol. The van der Waals surface area contributed by atoms with Crippen LogP contribution in [0.4, 0.5) is 0 Å². The summed E-state index contributed by atoms with van der Waals surface area (Å²) in [5.41, 5.74) is -0.397. The smallest absolute Gasteiger partial charge is 0.240 e. The predicted octanol–water partition coefficient (Wildman–Crippen LogP) is 0.0747. The molecule has 0 radical (unpaired) electrons. The maximum Gasteiger partial charge on any atom is 0.240 e. The molecule has 1 aromatic carbocycles. The van der Waals surface area contributed by atoms with Gasteiger partial charge in [-0.2, -0.15) is 0 Å². The fraction of sp³-hybridized carbons (Fsp3) is 0.600. The summed E-state index contributed by atoms with van der Waals surface area (Å²) in [6, 6.07) is 7.83. The first-order chi connectivity index (χ1) is 11.8. The van der Waals surface area contributed by atoms with E-state index in [1.807, 2.05) is 0 Å². The van der Waals surface area contributed by atoms with Crippen molar-refractivity contribution in [2.24, 2.45) is 0 Å². The van der Waals surface area contributed by atoms with Crippen molar-refractivity contribution < 1.29 is 21.6 Å². The fourth-order valence-electron chi connectivity index (χ4n) is 2.78. The molecule has 1 aliphatic rings. The summed E-state index contributed by atoms with van der Waals surface area (Å²) in [5.74, 6) is -0.331. The third-order valence-corrected chi connectivity index (χ3v) is 6.90. The molecule has 1 aromatic rings. The van der Waals surface area contributed by atoms with Crippen molar-refractivity contribution in [3.8, 4) is 0 Å². The standard InChI is InChI=1S/C15H25N3O5S2.ClH/c1-23-13-15(8-5-9-16-15)12-18-24(19,20)11-10-17-25(21,22)14-6-3-2-4-7-14;/h2-4,6-7,16-18H,5,8-13H2,1H3;1H. The molecule has 1 atom stereocenters. The highest BCUT2D eigenvalue weighted by atomic mass is 35.5. The molecular formula is C15H26ClN3O5S2. The van der Waals surface area contributed by atoms with Gasteiger partial charge in [0.15, 0.2) is 0 Å². The zero-order chi connectivity index (χ0) is 18.4. The van der Waals surface area contributed by atoms with Gasteiger partial charge in [0.1, 0.15) is 0 Å². The Morgan fingerprint density at radius 1 is 1.15 bits per heavy atom. The molecule has 0 aromatic heterocycles. The van der Waals surface area contributed by atoms with E-state index in [9.17, 15) is 16.8 Å². The molecule has 1 heterocycles. The van der Waals surface area contributed by atoms with E-state index in [4.69, 9.17) is 4.74 Å². The molecule has 26 heavy (non-hydrogen) atoms. The van der Waals surface area contributed by atoms with E-state index < -0.39 is 25.6 Å². The number of nitrogens with one attached hydrogen (secondary N) is 3. The number of sulfonamides is 2. The Labute approximate surface area is 161 Å². The topological polar surface area (TPSA) is 114 Å². The zero-order valence-electron chi connectivity index (χ0n) is 14.6. The van der Waals surface area contributed by atoms with Crippen molar-refractivity contribution in [1.82, 2.24) is 14.8 Å². The molecule has 8 nitrogen and oxygen atoms in total. The van der Waals surface area contributed by atoms with Crippen LogP contribution in [0.25, 0.3) is 0 Å². The van der Waals surface area contributed by atoms with Gasteiger partial charge in [0.2, 0.25) is 20.0 Å². The highest BCUT2D eigenvalue weighted by Gasteiger charge is 2.34. The fourth-order valence-corrected chi connectivity index (χ4v) is 4.98. The highest BCUT2D eigenvalue weighted by Crippen LogP contribution is 2.19. The van der Waals surface area contributed by atoms with Gasteiger partial charge in [0.05, 0.1) is 22.8 Å². The van der Waals surface area contributed by atoms with Crippen LogP contribution < -0.4 is 14.8 Å². The minimum atomic E-state index is -3.71. The number of hydrogen-bond donors (Lipinski definition) is 3. The number of ether oxygens (including phenoxy) is 1. The number of halogens is 1. The van der Waals surface area contributed by atoms with Gasteiger partial charge in [-0.3, -0.25) is 0 Å². The highest BCUT2D eigenvalue weighted by molar-refractivity contribution is 7.90. The first-order valence-corrected chi connectivity index (χ1v) is 11.2. The average Bonchev–Trinajstić information content (AvgIpc) is 3.03. The summed E-state index contributed by atoms with van der Waals surface area (Å²) in [7, 11) is -5.73. The molecule has 3 N–H and O–H groups in total. The first-order valence-electron chi connectivity index (χ1n) is 8.05. The Kier molecular flexibility index (Phi) is 8.94. The number of rotatable bonds is 10. The lowest BCUT2D eigenvalue weighted by atomic mass is 9.99. The summed E-state index contributed by atoms with van der Waals surface area (Å²) in [6.45, 7) is 1.25. The second-order valence-electron chi connectivity index (χ2n) is 6.09. The van der Waals surface area contributed by atoms with Crippen LogP contribution in [0.2, 0.25) is 0 Å². The lowest BCUT2D eigenvalue weighted by Gasteiger charge is -2.28. The Morgan fingerprint density at radius 2 is 1.85 bits per heavy atom. The lowest BCUT2D eigenvalue weighted by Crippen LogP contribution is -2.53. The maximum absolute atomic E-state index is 12.1. The second kappa shape index (κ2) is 9.98. The van der Waals surface area contributed by atoms with Gasteiger partial charge in [-0.15, -0.1) is 12.4 Å². The third-order valence-electron chi connectivity index (χ3n) is 4.10. The predicted molar refractivity (Wildman–Crippen MR) is 103 cm³/mol. The molecule has 0 saturated carbocycles. The zero-order valence-corrected chi connectivity index (χ0v) is 17.1. The van der Waals surface area contributed by atoms with E-state index in [1.165, 1.54) is 12.1 Å². The molecule has 1 saturated heterocycles. The Bertz CT molecular complexity index is 751. The van der Waals surface area contributed by atoms with Crippen molar-refractivity contribution in [2.45, 2.75) is 23.3 Å². The van der Waals surface area contributed by atoms with Crippen molar-refractivity contribution in [3.63, 3.8) is 0 Å². The van der Waals surface area contributed by atoms with E-state index in [-0.39, 0.29) is 36.1 Å². The number of hydrogen-bond acceptors (Lipinski definition) is 6. The lowest BCUT2D eigenvalue weighted by molar-refractivity contribution is 0.122. The first kappa shape index (κ1) is 23.3. The van der Waals surface area contributed by atoms with Gasteiger partial charge in [0, 0.05) is 20.2 Å². The van der Waals surface area contributed by atoms with Crippen LogP contribution in [0.3, 0.4) is 0 Å². The van der Waals surface area contributed by atoms with Gasteiger partial charge in [0.25, 0.3) is 0 Å². The Balaban J connectivity index is 0.00000338. The molecule has 0 aliphatic carbocycles. The Morgan fingerprint density at radius 3 is 2.42 bits per heavy atom. The third kappa shape index (κ3) is 6.76. The maximum atomic E-state index is 12.1. The van der Waals surface area contributed by atoms with E-state index in [2.05, 4.69) is 14.8 Å². The van der Waals surface area contributed by atoms with Crippen LogP contribution in [-0.2, 0) is 24.8 Å². The van der Waals surface area contributed by atoms with Gasteiger partial charge < -0.3 is 10.1 Å². The van der Waals surface area contributed by atoms with E-state index in [0.717, 1.165) is 19.4 Å². The van der Waals surface area contributed by atoms with Crippen LogP contribution in [0.15, 0.2) is 35.2 Å². The number of benzene rings is 1. The normalized spacial score (nSPS) is 20.7. The molecule has 1 unspecified atom stereocenters. The summed E-state index contributed by atoms with van der Waals surface area (Å²) < 4.78 is 58.5. The monoisotopic (exact) mass is 427 g/mol. The summed E-state index contributed by atoms with van der Waals surface area (Å²) >= 11 is 0. The van der Waals surface area contributed by atoms with Crippen molar-refractivity contribution in [1.29, 1.82) is 0 Å². The van der Waals surface area contributed by atoms with E-state index >= 15 is 0 Å². The van der Waals surface area contributed by atoms with E-state index in [0.29, 0.717) is 6.61 Å². The van der Waals surface area contributed by atoms with Gasteiger partial charge in [-0.05, 0) is 31.5 Å². The van der Waals surface area contributed by atoms with Crippen LogP contribution in [0.1, 0.15) is 12.8 Å². The summed E-state index contributed by atoms with van der Waals surface area (Å²) in [6.07, 6.45) is 1.78. The minimum Gasteiger partial charge on any atom is -0.383 e.